The summed E-state index contributed by atoms with van der Waals surface area (Å²) in [5, 5.41) is 18.4. The number of alkyl halides is 4. The molecule has 28 heavy (non-hydrogen) atoms. The Morgan fingerprint density at radius 1 is 1.21 bits per heavy atom. The summed E-state index contributed by atoms with van der Waals surface area (Å²) in [5.74, 6) is -3.60. The molecule has 0 aliphatic carbocycles. The number of rotatable bonds is 1. The van der Waals surface area contributed by atoms with Crippen molar-refractivity contribution < 1.29 is 32.6 Å². The molecule has 6 unspecified atom stereocenters. The van der Waals surface area contributed by atoms with Crippen molar-refractivity contribution in [1.29, 1.82) is 5.26 Å². The van der Waals surface area contributed by atoms with E-state index in [4.69, 9.17) is 21.6 Å². The highest BCUT2D eigenvalue weighted by atomic mass is 35.5. The second-order valence-electron chi connectivity index (χ2n) is 7.62. The first-order chi connectivity index (χ1) is 12.9. The summed E-state index contributed by atoms with van der Waals surface area (Å²) >= 11 is 6.25. The predicted octanol–water partition coefficient (Wildman–Crippen LogP) is 2.21. The lowest BCUT2D eigenvalue weighted by Gasteiger charge is -2.35. The highest BCUT2D eigenvalue weighted by Gasteiger charge is 2.79. The van der Waals surface area contributed by atoms with Gasteiger partial charge in [0.05, 0.1) is 45.7 Å². The topological polar surface area (TPSA) is 90.6 Å². The number of aliphatic hydroxyl groups is 1. The lowest BCUT2D eigenvalue weighted by atomic mass is 9.67. The molecule has 10 heteroatoms. The summed E-state index contributed by atoms with van der Waals surface area (Å²) < 4.78 is 45.6. The molecule has 0 spiro atoms. The zero-order chi connectivity index (χ0) is 20.8. The van der Waals surface area contributed by atoms with Gasteiger partial charge in [0.15, 0.2) is 0 Å². The van der Waals surface area contributed by atoms with Crippen LogP contribution in [0.3, 0.4) is 0 Å². The Morgan fingerprint density at radius 3 is 2.32 bits per heavy atom. The summed E-state index contributed by atoms with van der Waals surface area (Å²) in [4.78, 5) is 26.7. The van der Waals surface area contributed by atoms with Gasteiger partial charge in [-0.3, -0.25) is 9.59 Å². The molecule has 6 nitrogen and oxygen atoms in total. The van der Waals surface area contributed by atoms with Crippen LogP contribution in [0, 0.1) is 23.2 Å². The van der Waals surface area contributed by atoms with Gasteiger partial charge in [0, 0.05) is 0 Å². The summed E-state index contributed by atoms with van der Waals surface area (Å²) in [7, 11) is 0. The van der Waals surface area contributed by atoms with E-state index in [1.807, 2.05) is 0 Å². The van der Waals surface area contributed by atoms with Crippen LogP contribution in [-0.2, 0) is 20.5 Å². The van der Waals surface area contributed by atoms with Gasteiger partial charge in [-0.25, -0.2) is 4.90 Å². The number of carbonyl (C=O) groups is 2. The molecule has 2 bridgehead atoms. The van der Waals surface area contributed by atoms with Crippen LogP contribution in [0.2, 0.25) is 0 Å². The third kappa shape index (κ3) is 2.11. The Kier molecular flexibility index (Phi) is 3.74. The number of aliphatic hydroxyl groups excluding tert-OH is 1. The largest absolute Gasteiger partial charge is 0.417 e. The highest BCUT2D eigenvalue weighted by Crippen LogP contribution is 2.62. The number of anilines is 1. The fraction of sp³-hybridized carbons (Fsp3) is 0.500. The molecule has 2 amide bonds. The number of halogens is 4. The average molecular weight is 415 g/mol. The monoisotopic (exact) mass is 414 g/mol. The lowest BCUT2D eigenvalue weighted by Crippen LogP contribution is -2.55. The first kappa shape index (κ1) is 19.2. The average Bonchev–Trinajstić information content (AvgIpc) is 3.10. The Hall–Kier alpha value is -2.15. The molecular weight excluding hydrogens is 401 g/mol. The van der Waals surface area contributed by atoms with Gasteiger partial charge < -0.3 is 9.84 Å². The van der Waals surface area contributed by atoms with Gasteiger partial charge in [0.25, 0.3) is 0 Å². The number of amides is 2. The smallest absolute Gasteiger partial charge is 0.388 e. The summed E-state index contributed by atoms with van der Waals surface area (Å²) in [5.41, 5.74) is -4.90. The van der Waals surface area contributed by atoms with E-state index in [1.54, 1.807) is 0 Å². The third-order valence-electron chi connectivity index (χ3n) is 6.08. The minimum Gasteiger partial charge on any atom is -0.388 e. The van der Waals surface area contributed by atoms with Gasteiger partial charge in [-0.1, -0.05) is 0 Å². The molecule has 4 rings (SSSR count). The van der Waals surface area contributed by atoms with Gasteiger partial charge in [-0.15, -0.1) is 11.6 Å². The molecule has 0 saturated carbocycles. The number of nitrogens with zero attached hydrogens (tertiary/aromatic N) is 2. The van der Waals surface area contributed by atoms with E-state index in [9.17, 15) is 27.9 Å². The van der Waals surface area contributed by atoms with Crippen molar-refractivity contribution in [2.24, 2.45) is 11.8 Å². The van der Waals surface area contributed by atoms with Crippen LogP contribution in [0.15, 0.2) is 18.2 Å². The van der Waals surface area contributed by atoms with Gasteiger partial charge in [0.2, 0.25) is 11.8 Å². The van der Waals surface area contributed by atoms with Crippen molar-refractivity contribution in [3.05, 3.63) is 29.3 Å². The van der Waals surface area contributed by atoms with E-state index in [-0.39, 0.29) is 5.69 Å². The van der Waals surface area contributed by atoms with E-state index >= 15 is 0 Å². The minimum absolute atomic E-state index is 0.289. The van der Waals surface area contributed by atoms with E-state index in [2.05, 4.69) is 0 Å². The molecule has 1 aromatic carbocycles. The Labute approximate surface area is 162 Å². The van der Waals surface area contributed by atoms with Gasteiger partial charge >= 0.3 is 6.18 Å². The Morgan fingerprint density at radius 2 is 1.79 bits per heavy atom. The zero-order valence-electron chi connectivity index (χ0n) is 14.6. The summed E-state index contributed by atoms with van der Waals surface area (Å²) in [6.07, 6.45) is -6.05. The number of nitriles is 1. The van der Waals surface area contributed by atoms with Crippen molar-refractivity contribution in [2.75, 3.05) is 4.90 Å². The van der Waals surface area contributed by atoms with E-state index in [0.717, 1.165) is 12.1 Å². The van der Waals surface area contributed by atoms with E-state index in [1.165, 1.54) is 19.9 Å². The predicted molar refractivity (Wildman–Crippen MR) is 89.2 cm³/mol. The molecular formula is C18H14ClF3N2O4. The number of benzene rings is 1. The van der Waals surface area contributed by atoms with Crippen LogP contribution in [0.5, 0.6) is 0 Å². The maximum Gasteiger partial charge on any atom is 0.417 e. The van der Waals surface area contributed by atoms with Crippen LogP contribution < -0.4 is 4.90 Å². The quantitative estimate of drug-likeness (QED) is 0.562. The second kappa shape index (κ2) is 5.47. The van der Waals surface area contributed by atoms with Crippen molar-refractivity contribution >= 4 is 29.1 Å². The minimum atomic E-state index is -4.83. The highest BCUT2D eigenvalue weighted by molar-refractivity contribution is 6.26. The fourth-order valence-electron chi connectivity index (χ4n) is 4.76. The number of ether oxygens (including phenoxy) is 1. The maximum absolute atomic E-state index is 13.3. The Balaban J connectivity index is 1.82. The first-order valence-electron chi connectivity index (χ1n) is 8.39. The SMILES string of the molecule is CC12OC(C)(C(Cl)C1O)C1C(=O)N(c3ccc(C#N)c(C(F)(F)F)c3)C(=O)C12. The van der Waals surface area contributed by atoms with Crippen molar-refractivity contribution in [2.45, 2.75) is 42.7 Å². The van der Waals surface area contributed by atoms with E-state index in [0.29, 0.717) is 11.0 Å². The second-order valence-corrected chi connectivity index (χ2v) is 8.09. The standard InChI is InChI=1S/C18H14ClF3N2O4/c1-16-10-11(17(2,28-16)13(25)12(16)19)15(27)24(14(10)26)8-4-3-7(6-23)9(5-8)18(20,21)22/h3-5,10-13,25H,1-2H3. The number of fused-ring (bicyclic) bond motifs is 5. The van der Waals surface area contributed by atoms with Crippen molar-refractivity contribution in [3.8, 4) is 6.07 Å². The normalized spacial score (nSPS) is 39.4. The molecule has 1 aromatic rings. The third-order valence-corrected chi connectivity index (χ3v) is 6.75. The summed E-state index contributed by atoms with van der Waals surface area (Å²) in [6, 6.07) is 4.09. The first-order valence-corrected chi connectivity index (χ1v) is 8.83. The Bertz CT molecular complexity index is 923. The molecule has 3 aliphatic heterocycles. The molecule has 0 aromatic heterocycles. The van der Waals surface area contributed by atoms with Gasteiger partial charge in [-0.2, -0.15) is 18.4 Å². The van der Waals surface area contributed by atoms with Gasteiger partial charge in [0.1, 0.15) is 11.7 Å². The molecule has 6 atom stereocenters. The zero-order valence-corrected chi connectivity index (χ0v) is 15.4. The van der Waals surface area contributed by atoms with Crippen LogP contribution in [0.25, 0.3) is 0 Å². The molecule has 3 saturated heterocycles. The molecule has 3 aliphatic rings. The maximum atomic E-state index is 13.3. The number of carbonyl (C=O) groups excluding carboxylic acids is 2. The van der Waals surface area contributed by atoms with E-state index < -0.39 is 63.6 Å². The lowest BCUT2D eigenvalue weighted by molar-refractivity contribution is -0.138. The molecule has 0 radical (unpaired) electrons. The van der Waals surface area contributed by atoms with Crippen LogP contribution in [0.1, 0.15) is 25.0 Å². The van der Waals surface area contributed by atoms with Crippen molar-refractivity contribution in [3.63, 3.8) is 0 Å². The van der Waals surface area contributed by atoms with Crippen molar-refractivity contribution in [1.82, 2.24) is 0 Å². The molecule has 1 N–H and O–H groups in total. The van der Waals surface area contributed by atoms with Gasteiger partial charge in [-0.05, 0) is 32.0 Å². The van der Waals surface area contributed by atoms with Crippen LogP contribution >= 0.6 is 11.6 Å². The van der Waals surface area contributed by atoms with Crippen LogP contribution in [-0.4, -0.2) is 39.6 Å². The summed E-state index contributed by atoms with van der Waals surface area (Å²) in [6.45, 7) is 2.98. The number of hydrogen-bond donors (Lipinski definition) is 1. The number of hydrogen-bond acceptors (Lipinski definition) is 5. The molecule has 3 fully saturated rings. The van der Waals surface area contributed by atoms with Crippen LogP contribution in [0.4, 0.5) is 18.9 Å². The number of imide groups is 1. The molecule has 3 heterocycles. The molecule has 148 valence electrons. The fourth-order valence-corrected chi connectivity index (χ4v) is 5.19.